The van der Waals surface area contributed by atoms with Gasteiger partial charge in [-0.3, -0.25) is 4.99 Å². The Bertz CT molecular complexity index is 445. The lowest BCUT2D eigenvalue weighted by Gasteiger charge is -2.18. The smallest absolute Gasteiger partial charge is 0.156 e. The predicted octanol–water partition coefficient (Wildman–Crippen LogP) is 3.01. The Kier molecular flexibility index (Phi) is 4.64. The number of benzene rings is 1. The van der Waals surface area contributed by atoms with E-state index in [0.29, 0.717) is 5.92 Å². The largest absolute Gasteiger partial charge is 0.365 e. The lowest BCUT2D eigenvalue weighted by atomic mass is 10.1. The molecule has 0 saturated heterocycles. The molecule has 0 saturated carbocycles. The number of amidine groups is 1. The number of hydrogen-bond acceptors (Lipinski definition) is 3. The lowest BCUT2D eigenvalue weighted by molar-refractivity contribution is 0.625. The van der Waals surface area contributed by atoms with Gasteiger partial charge in [0.15, 0.2) is 5.17 Å². The zero-order chi connectivity index (χ0) is 13.0. The zero-order valence-electron chi connectivity index (χ0n) is 10.9. The van der Waals surface area contributed by atoms with E-state index in [1.54, 1.807) is 17.8 Å². The Balaban J connectivity index is 1.82. The summed E-state index contributed by atoms with van der Waals surface area (Å²) in [5, 5.41) is 4.40. The van der Waals surface area contributed by atoms with Gasteiger partial charge in [-0.1, -0.05) is 24.8 Å². The van der Waals surface area contributed by atoms with Gasteiger partial charge >= 0.3 is 0 Å². The van der Waals surface area contributed by atoms with Crippen molar-refractivity contribution in [2.24, 2.45) is 10.9 Å². The molecule has 4 heteroatoms. The standard InChI is InChI=1S/C14H19FN2S/c1-10-8-17-14(18-9-10)16-6-5-12-3-4-13(15)7-11(12)2/h3-4,7,10H,5-6,8-9H2,1-2H3,(H,16,17). The summed E-state index contributed by atoms with van der Waals surface area (Å²) in [7, 11) is 0. The molecule has 1 unspecified atom stereocenters. The highest BCUT2D eigenvalue weighted by Gasteiger charge is 2.11. The van der Waals surface area contributed by atoms with E-state index in [2.05, 4.69) is 17.2 Å². The number of hydrogen-bond donors (Lipinski definition) is 1. The van der Waals surface area contributed by atoms with Gasteiger partial charge in [0.1, 0.15) is 5.82 Å². The topological polar surface area (TPSA) is 24.4 Å². The Morgan fingerprint density at radius 1 is 1.50 bits per heavy atom. The van der Waals surface area contributed by atoms with Gasteiger partial charge in [0.25, 0.3) is 0 Å². The van der Waals surface area contributed by atoms with Gasteiger partial charge in [-0.05, 0) is 42.5 Å². The minimum atomic E-state index is -0.162. The second-order valence-corrected chi connectivity index (χ2v) is 5.82. The third-order valence-corrected chi connectivity index (χ3v) is 4.31. The van der Waals surface area contributed by atoms with E-state index in [-0.39, 0.29) is 5.82 Å². The molecular weight excluding hydrogens is 247 g/mol. The second kappa shape index (κ2) is 6.23. The SMILES string of the molecule is Cc1cc(F)ccc1CCNC1=NCC(C)CS1. The van der Waals surface area contributed by atoms with Crippen molar-refractivity contribution in [3.63, 3.8) is 0 Å². The zero-order valence-corrected chi connectivity index (χ0v) is 11.7. The van der Waals surface area contributed by atoms with Crippen LogP contribution in [0.25, 0.3) is 0 Å². The summed E-state index contributed by atoms with van der Waals surface area (Å²) in [5.41, 5.74) is 2.21. The Labute approximate surface area is 112 Å². The maximum atomic E-state index is 13.0. The van der Waals surface area contributed by atoms with Crippen LogP contribution in [0.1, 0.15) is 18.1 Å². The first kappa shape index (κ1) is 13.4. The normalized spacial score (nSPS) is 19.5. The highest BCUT2D eigenvalue weighted by Crippen LogP contribution is 2.16. The van der Waals surface area contributed by atoms with E-state index in [1.807, 2.05) is 13.0 Å². The molecule has 1 atom stereocenters. The average Bonchev–Trinajstić information content (AvgIpc) is 2.34. The van der Waals surface area contributed by atoms with Gasteiger partial charge in [-0.25, -0.2) is 4.39 Å². The van der Waals surface area contributed by atoms with Gasteiger partial charge in [-0.2, -0.15) is 0 Å². The number of nitrogens with zero attached hydrogens (tertiary/aromatic N) is 1. The molecule has 1 aromatic carbocycles. The summed E-state index contributed by atoms with van der Waals surface area (Å²) >= 11 is 1.79. The van der Waals surface area contributed by atoms with Crippen LogP contribution in [-0.2, 0) is 6.42 Å². The molecule has 2 nitrogen and oxygen atoms in total. The van der Waals surface area contributed by atoms with E-state index in [9.17, 15) is 4.39 Å². The summed E-state index contributed by atoms with van der Waals surface area (Å²) in [6.07, 6.45) is 0.904. The Hall–Kier alpha value is -1.03. The molecule has 1 aliphatic rings. The van der Waals surface area contributed by atoms with E-state index >= 15 is 0 Å². The fourth-order valence-corrected chi connectivity index (χ4v) is 2.83. The van der Waals surface area contributed by atoms with Crippen molar-refractivity contribution in [3.8, 4) is 0 Å². The number of thioether (sulfide) groups is 1. The molecule has 0 fully saturated rings. The highest BCUT2D eigenvalue weighted by atomic mass is 32.2. The van der Waals surface area contributed by atoms with Crippen molar-refractivity contribution in [2.45, 2.75) is 20.3 Å². The van der Waals surface area contributed by atoms with Crippen LogP contribution < -0.4 is 5.32 Å². The molecule has 18 heavy (non-hydrogen) atoms. The molecule has 0 radical (unpaired) electrons. The molecule has 98 valence electrons. The molecular formula is C14H19FN2S. The molecule has 0 bridgehead atoms. The quantitative estimate of drug-likeness (QED) is 0.909. The minimum Gasteiger partial charge on any atom is -0.365 e. The van der Waals surface area contributed by atoms with Crippen LogP contribution in [0.4, 0.5) is 4.39 Å². The van der Waals surface area contributed by atoms with Crippen LogP contribution in [0, 0.1) is 18.7 Å². The second-order valence-electron chi connectivity index (χ2n) is 4.81. The van der Waals surface area contributed by atoms with Crippen LogP contribution in [0.15, 0.2) is 23.2 Å². The van der Waals surface area contributed by atoms with Gasteiger partial charge in [-0.15, -0.1) is 0 Å². The first-order valence-corrected chi connectivity index (χ1v) is 7.30. The highest BCUT2D eigenvalue weighted by molar-refractivity contribution is 8.13. The van der Waals surface area contributed by atoms with Gasteiger partial charge in [0.05, 0.1) is 0 Å². The van der Waals surface area contributed by atoms with Crippen LogP contribution in [0.3, 0.4) is 0 Å². The average molecular weight is 266 g/mol. The molecule has 2 rings (SSSR count). The molecule has 0 aromatic heterocycles. The van der Waals surface area contributed by atoms with E-state index in [4.69, 9.17) is 0 Å². The van der Waals surface area contributed by atoms with Crippen molar-refractivity contribution >= 4 is 16.9 Å². The van der Waals surface area contributed by atoms with Crippen molar-refractivity contribution in [2.75, 3.05) is 18.8 Å². The molecule has 1 N–H and O–H groups in total. The van der Waals surface area contributed by atoms with E-state index < -0.39 is 0 Å². The third-order valence-electron chi connectivity index (χ3n) is 3.03. The summed E-state index contributed by atoms with van der Waals surface area (Å²) in [4.78, 5) is 4.49. The van der Waals surface area contributed by atoms with Crippen LogP contribution in [0.5, 0.6) is 0 Å². The number of nitrogens with one attached hydrogen (secondary N) is 1. The first-order valence-electron chi connectivity index (χ1n) is 6.31. The summed E-state index contributed by atoms with van der Waals surface area (Å²) in [5.74, 6) is 1.66. The van der Waals surface area contributed by atoms with Crippen molar-refractivity contribution in [1.82, 2.24) is 5.32 Å². The molecule has 1 aromatic rings. The van der Waals surface area contributed by atoms with E-state index in [0.717, 1.165) is 36.0 Å². The number of aliphatic imine (C=N–C) groups is 1. The van der Waals surface area contributed by atoms with Crippen molar-refractivity contribution in [3.05, 3.63) is 35.1 Å². The molecule has 1 heterocycles. The maximum Gasteiger partial charge on any atom is 0.156 e. The maximum absolute atomic E-state index is 13.0. The van der Waals surface area contributed by atoms with Crippen LogP contribution in [-0.4, -0.2) is 24.0 Å². The molecule has 1 aliphatic heterocycles. The minimum absolute atomic E-state index is 0.162. The Morgan fingerprint density at radius 2 is 2.33 bits per heavy atom. The van der Waals surface area contributed by atoms with Gasteiger partial charge in [0, 0.05) is 18.8 Å². The predicted molar refractivity (Wildman–Crippen MR) is 76.8 cm³/mol. The monoisotopic (exact) mass is 266 g/mol. The summed E-state index contributed by atoms with van der Waals surface area (Å²) in [6, 6.07) is 4.98. The van der Waals surface area contributed by atoms with Crippen LogP contribution >= 0.6 is 11.8 Å². The van der Waals surface area contributed by atoms with Crippen molar-refractivity contribution in [1.29, 1.82) is 0 Å². The molecule has 0 aliphatic carbocycles. The number of halogens is 1. The molecule has 0 spiro atoms. The first-order chi connectivity index (χ1) is 8.65. The van der Waals surface area contributed by atoms with Gasteiger partial charge < -0.3 is 5.32 Å². The Morgan fingerprint density at radius 3 is 3.00 bits per heavy atom. The van der Waals surface area contributed by atoms with Crippen LogP contribution in [0.2, 0.25) is 0 Å². The van der Waals surface area contributed by atoms with Gasteiger partial charge in [0.2, 0.25) is 0 Å². The van der Waals surface area contributed by atoms with Crippen molar-refractivity contribution < 1.29 is 4.39 Å². The number of rotatable bonds is 3. The third kappa shape index (κ3) is 3.73. The summed E-state index contributed by atoms with van der Waals surface area (Å²) in [6.45, 7) is 5.94. The fraction of sp³-hybridized carbons (Fsp3) is 0.500. The lowest BCUT2D eigenvalue weighted by Crippen LogP contribution is -2.28. The molecule has 0 amide bonds. The van der Waals surface area contributed by atoms with E-state index in [1.165, 1.54) is 11.6 Å². The summed E-state index contributed by atoms with van der Waals surface area (Å²) < 4.78 is 13.0. The number of aryl methyl sites for hydroxylation is 1. The fourth-order valence-electron chi connectivity index (χ4n) is 1.91.